The molecule has 2 aliphatic heterocycles. The fourth-order valence-electron chi connectivity index (χ4n) is 3.93. The van der Waals surface area contributed by atoms with Crippen molar-refractivity contribution in [2.45, 2.75) is 12.8 Å². The first-order valence-electron chi connectivity index (χ1n) is 9.20. The summed E-state index contributed by atoms with van der Waals surface area (Å²) in [5.74, 6) is 0.0452. The standard InChI is InChI=1S/C18H31N5O2/c1-20(2)7-8-22-9-10-25-14-18(12-22)5-4-6-23(13-18)17(24)16-11-21(3)15-19-16/h11,15H,4-10,12-14H2,1-3H3. The molecule has 7 heteroatoms. The molecule has 2 fully saturated rings. The molecule has 1 amide bonds. The van der Waals surface area contributed by atoms with Crippen LogP contribution in [0, 0.1) is 5.41 Å². The fraction of sp³-hybridized carbons (Fsp3) is 0.778. The first kappa shape index (κ1) is 18.4. The molecular formula is C18H31N5O2. The van der Waals surface area contributed by atoms with Crippen molar-refractivity contribution >= 4 is 5.91 Å². The van der Waals surface area contributed by atoms with Gasteiger partial charge in [-0.25, -0.2) is 4.98 Å². The zero-order chi connectivity index (χ0) is 17.9. The molecule has 1 aromatic heterocycles. The van der Waals surface area contributed by atoms with Crippen LogP contribution in [-0.4, -0.2) is 96.7 Å². The Balaban J connectivity index is 1.68. The second kappa shape index (κ2) is 7.85. The predicted octanol–water partition coefficient (Wildman–Crippen LogP) is 0.536. The summed E-state index contributed by atoms with van der Waals surface area (Å²) in [6.07, 6.45) is 5.64. The van der Waals surface area contributed by atoms with E-state index < -0.39 is 0 Å². The van der Waals surface area contributed by atoms with Gasteiger partial charge in [0, 0.05) is 57.9 Å². The van der Waals surface area contributed by atoms with Crippen LogP contribution in [0.1, 0.15) is 23.3 Å². The van der Waals surface area contributed by atoms with Crippen molar-refractivity contribution in [3.63, 3.8) is 0 Å². The summed E-state index contributed by atoms with van der Waals surface area (Å²) in [6, 6.07) is 0. The van der Waals surface area contributed by atoms with Crippen molar-refractivity contribution in [2.24, 2.45) is 12.5 Å². The summed E-state index contributed by atoms with van der Waals surface area (Å²) >= 11 is 0. The number of likely N-dealkylation sites (tertiary alicyclic amines) is 1. The maximum absolute atomic E-state index is 12.8. The van der Waals surface area contributed by atoms with Crippen LogP contribution in [0.3, 0.4) is 0 Å². The van der Waals surface area contributed by atoms with Crippen LogP contribution in [0.2, 0.25) is 0 Å². The van der Waals surface area contributed by atoms with Gasteiger partial charge < -0.3 is 19.1 Å². The number of ether oxygens (including phenoxy) is 1. The van der Waals surface area contributed by atoms with Crippen molar-refractivity contribution in [1.82, 2.24) is 24.3 Å². The lowest BCUT2D eigenvalue weighted by atomic mass is 9.80. The number of hydrogen-bond donors (Lipinski definition) is 0. The Morgan fingerprint density at radius 3 is 2.92 bits per heavy atom. The summed E-state index contributed by atoms with van der Waals surface area (Å²) in [7, 11) is 6.11. The number of carbonyl (C=O) groups is 1. The van der Waals surface area contributed by atoms with E-state index in [1.807, 2.05) is 16.5 Å². The number of likely N-dealkylation sites (N-methyl/N-ethyl adjacent to an activating group) is 1. The van der Waals surface area contributed by atoms with Gasteiger partial charge in [0.1, 0.15) is 5.69 Å². The van der Waals surface area contributed by atoms with Gasteiger partial charge in [-0.1, -0.05) is 0 Å². The number of aromatic nitrogens is 2. The zero-order valence-electron chi connectivity index (χ0n) is 15.8. The van der Waals surface area contributed by atoms with Gasteiger partial charge >= 0.3 is 0 Å². The third-order valence-electron chi connectivity index (χ3n) is 5.26. The van der Waals surface area contributed by atoms with E-state index in [-0.39, 0.29) is 11.3 Å². The molecule has 1 unspecified atom stereocenters. The maximum atomic E-state index is 12.8. The highest BCUT2D eigenvalue weighted by molar-refractivity contribution is 5.92. The van der Waals surface area contributed by atoms with Crippen molar-refractivity contribution in [3.8, 4) is 0 Å². The summed E-state index contributed by atoms with van der Waals surface area (Å²) in [4.78, 5) is 23.7. The average Bonchev–Trinajstić information content (AvgIpc) is 2.92. The number of rotatable bonds is 4. The van der Waals surface area contributed by atoms with Crippen LogP contribution < -0.4 is 0 Å². The number of aryl methyl sites for hydroxylation is 1. The van der Waals surface area contributed by atoms with Crippen LogP contribution in [0.15, 0.2) is 12.5 Å². The van der Waals surface area contributed by atoms with E-state index in [4.69, 9.17) is 4.74 Å². The quantitative estimate of drug-likeness (QED) is 0.794. The molecule has 0 bridgehead atoms. The average molecular weight is 349 g/mol. The number of amides is 1. The molecule has 0 N–H and O–H groups in total. The first-order chi connectivity index (χ1) is 12.0. The third-order valence-corrected chi connectivity index (χ3v) is 5.26. The number of piperidine rings is 1. The highest BCUT2D eigenvalue weighted by Gasteiger charge is 2.40. The highest BCUT2D eigenvalue weighted by atomic mass is 16.5. The van der Waals surface area contributed by atoms with E-state index in [1.54, 1.807) is 12.5 Å². The van der Waals surface area contributed by atoms with E-state index in [9.17, 15) is 4.79 Å². The van der Waals surface area contributed by atoms with Gasteiger partial charge in [0.2, 0.25) is 0 Å². The Bertz CT molecular complexity index is 588. The fourth-order valence-corrected chi connectivity index (χ4v) is 3.93. The largest absolute Gasteiger partial charge is 0.379 e. The summed E-state index contributed by atoms with van der Waals surface area (Å²) in [5.41, 5.74) is 0.587. The topological polar surface area (TPSA) is 53.8 Å². The van der Waals surface area contributed by atoms with Gasteiger partial charge in [0.15, 0.2) is 0 Å². The molecule has 140 valence electrons. The summed E-state index contributed by atoms with van der Waals surface area (Å²) < 4.78 is 7.77. The van der Waals surface area contributed by atoms with Crippen LogP contribution in [0.4, 0.5) is 0 Å². The normalized spacial score (nSPS) is 25.5. The van der Waals surface area contributed by atoms with Crippen molar-refractivity contribution in [3.05, 3.63) is 18.2 Å². The van der Waals surface area contributed by atoms with Crippen LogP contribution in [0.25, 0.3) is 0 Å². The molecule has 0 aliphatic carbocycles. The van der Waals surface area contributed by atoms with E-state index in [0.29, 0.717) is 5.69 Å². The maximum Gasteiger partial charge on any atom is 0.274 e. The van der Waals surface area contributed by atoms with Gasteiger partial charge in [-0.15, -0.1) is 0 Å². The lowest BCUT2D eigenvalue weighted by Crippen LogP contribution is -2.52. The Hall–Kier alpha value is -1.44. The molecule has 7 nitrogen and oxygen atoms in total. The number of hydrogen-bond acceptors (Lipinski definition) is 5. The molecule has 2 aliphatic rings. The van der Waals surface area contributed by atoms with E-state index in [1.165, 1.54) is 0 Å². The minimum Gasteiger partial charge on any atom is -0.379 e. The van der Waals surface area contributed by atoms with Gasteiger partial charge in [-0.05, 0) is 26.9 Å². The minimum atomic E-state index is 0.0452. The zero-order valence-corrected chi connectivity index (χ0v) is 15.8. The van der Waals surface area contributed by atoms with E-state index in [0.717, 1.165) is 65.3 Å². The third kappa shape index (κ3) is 4.59. The SMILES string of the molecule is CN(C)CCN1CCOCC2(CCCN(C(=O)c3cn(C)cn3)C2)C1. The lowest BCUT2D eigenvalue weighted by Gasteiger charge is -2.43. The lowest BCUT2D eigenvalue weighted by molar-refractivity contribution is 0.00695. The molecule has 1 atom stereocenters. The monoisotopic (exact) mass is 349 g/mol. The molecule has 1 spiro atoms. The predicted molar refractivity (Wildman–Crippen MR) is 96.6 cm³/mol. The molecule has 3 rings (SSSR count). The summed E-state index contributed by atoms with van der Waals surface area (Å²) in [5, 5.41) is 0. The van der Waals surface area contributed by atoms with Crippen LogP contribution in [-0.2, 0) is 11.8 Å². The van der Waals surface area contributed by atoms with Gasteiger partial charge in [-0.3, -0.25) is 9.69 Å². The van der Waals surface area contributed by atoms with Crippen molar-refractivity contribution in [2.75, 3.05) is 66.6 Å². The van der Waals surface area contributed by atoms with Gasteiger partial charge in [-0.2, -0.15) is 0 Å². The molecule has 1 aromatic rings. The molecule has 0 saturated carbocycles. The van der Waals surface area contributed by atoms with Gasteiger partial charge in [0.25, 0.3) is 5.91 Å². The van der Waals surface area contributed by atoms with Crippen molar-refractivity contribution in [1.29, 1.82) is 0 Å². The van der Waals surface area contributed by atoms with E-state index >= 15 is 0 Å². The molecular weight excluding hydrogens is 318 g/mol. The highest BCUT2D eigenvalue weighted by Crippen LogP contribution is 2.33. The number of nitrogens with zero attached hydrogens (tertiary/aromatic N) is 5. The smallest absolute Gasteiger partial charge is 0.274 e. The molecule has 3 heterocycles. The Morgan fingerprint density at radius 1 is 1.36 bits per heavy atom. The molecule has 0 radical (unpaired) electrons. The number of carbonyl (C=O) groups excluding carboxylic acids is 1. The Morgan fingerprint density at radius 2 is 2.20 bits per heavy atom. The second-order valence-electron chi connectivity index (χ2n) is 7.89. The van der Waals surface area contributed by atoms with Crippen LogP contribution in [0.5, 0.6) is 0 Å². The Kier molecular flexibility index (Phi) is 5.76. The molecule has 2 saturated heterocycles. The summed E-state index contributed by atoms with van der Waals surface area (Å²) in [6.45, 7) is 7.19. The number of imidazole rings is 1. The molecule has 0 aromatic carbocycles. The first-order valence-corrected chi connectivity index (χ1v) is 9.20. The Labute approximate surface area is 150 Å². The van der Waals surface area contributed by atoms with Crippen molar-refractivity contribution < 1.29 is 9.53 Å². The second-order valence-corrected chi connectivity index (χ2v) is 7.89. The van der Waals surface area contributed by atoms with Crippen LogP contribution >= 0.6 is 0 Å². The van der Waals surface area contributed by atoms with Gasteiger partial charge in [0.05, 0.1) is 19.5 Å². The minimum absolute atomic E-state index is 0.0452. The molecule has 25 heavy (non-hydrogen) atoms. The van der Waals surface area contributed by atoms with E-state index in [2.05, 4.69) is 28.9 Å².